The monoisotopic (exact) mass is 244 g/mol. The highest BCUT2D eigenvalue weighted by Gasteiger charge is 2.09. The number of hydrogen-bond acceptors (Lipinski definition) is 6. The topological polar surface area (TPSA) is 50.3 Å². The molecule has 0 aliphatic rings. The summed E-state index contributed by atoms with van der Waals surface area (Å²) in [5, 5.41) is 8.49. The second-order valence-corrected chi connectivity index (χ2v) is 4.42. The predicted molar refractivity (Wildman–Crippen MR) is 66.9 cm³/mol. The van der Waals surface area contributed by atoms with Crippen LogP contribution in [-0.4, -0.2) is 48.3 Å². The van der Waals surface area contributed by atoms with E-state index in [1.807, 2.05) is 0 Å². The van der Waals surface area contributed by atoms with Crippen LogP contribution in [0.2, 0.25) is 0 Å². The highest BCUT2D eigenvalue weighted by atomic mass is 32.1. The Hall–Kier alpha value is -0.720. The molecule has 1 heterocycles. The minimum Gasteiger partial charge on any atom is -0.385 e. The van der Waals surface area contributed by atoms with E-state index in [0.29, 0.717) is 0 Å². The van der Waals surface area contributed by atoms with Crippen molar-refractivity contribution in [2.75, 3.05) is 39.2 Å². The van der Waals surface area contributed by atoms with E-state index in [9.17, 15) is 0 Å². The molecule has 0 aromatic carbocycles. The maximum absolute atomic E-state index is 5.02. The number of aromatic nitrogens is 2. The first-order valence-corrected chi connectivity index (χ1v) is 6.27. The molecule has 0 spiro atoms. The SMILES string of the molecule is CCNc1snnc1CN(C)CCCOC. The first-order chi connectivity index (χ1) is 7.77. The van der Waals surface area contributed by atoms with Gasteiger partial charge in [0.2, 0.25) is 0 Å². The van der Waals surface area contributed by atoms with Gasteiger partial charge in [-0.25, -0.2) is 0 Å². The number of nitrogens with one attached hydrogen (secondary N) is 1. The van der Waals surface area contributed by atoms with Crippen LogP contribution in [0.25, 0.3) is 0 Å². The van der Waals surface area contributed by atoms with Crippen LogP contribution < -0.4 is 5.32 Å². The van der Waals surface area contributed by atoms with Gasteiger partial charge in [0, 0.05) is 44.9 Å². The zero-order chi connectivity index (χ0) is 11.8. The third-order valence-corrected chi connectivity index (χ3v) is 2.93. The van der Waals surface area contributed by atoms with Crippen molar-refractivity contribution in [1.82, 2.24) is 14.5 Å². The Morgan fingerprint density at radius 3 is 3.00 bits per heavy atom. The van der Waals surface area contributed by atoms with E-state index >= 15 is 0 Å². The molecule has 0 amide bonds. The third kappa shape index (κ3) is 4.42. The average Bonchev–Trinajstić information content (AvgIpc) is 2.67. The third-order valence-electron chi connectivity index (χ3n) is 2.20. The predicted octanol–water partition coefficient (Wildman–Crippen LogP) is 1.44. The van der Waals surface area contributed by atoms with Gasteiger partial charge in [0.1, 0.15) is 10.7 Å². The summed E-state index contributed by atoms with van der Waals surface area (Å²) in [6.45, 7) is 5.63. The number of anilines is 1. The Balaban J connectivity index is 2.36. The normalized spacial score (nSPS) is 11.0. The molecule has 5 nitrogen and oxygen atoms in total. The standard InChI is InChI=1S/C10H20N4OS/c1-4-11-10-9(12-13-16-10)8-14(2)6-5-7-15-3/h11H,4-8H2,1-3H3. The van der Waals surface area contributed by atoms with Crippen molar-refractivity contribution in [3.05, 3.63) is 5.69 Å². The van der Waals surface area contributed by atoms with Crippen molar-refractivity contribution >= 4 is 16.5 Å². The summed E-state index contributed by atoms with van der Waals surface area (Å²) < 4.78 is 8.99. The molecule has 0 bridgehead atoms. The van der Waals surface area contributed by atoms with Crippen molar-refractivity contribution in [3.8, 4) is 0 Å². The van der Waals surface area contributed by atoms with Gasteiger partial charge in [0.15, 0.2) is 0 Å². The lowest BCUT2D eigenvalue weighted by Crippen LogP contribution is -2.21. The first kappa shape index (κ1) is 13.3. The van der Waals surface area contributed by atoms with E-state index < -0.39 is 0 Å². The molecule has 0 aliphatic carbocycles. The Morgan fingerprint density at radius 1 is 1.50 bits per heavy atom. The van der Waals surface area contributed by atoms with Crippen LogP contribution in [0.1, 0.15) is 19.0 Å². The average molecular weight is 244 g/mol. The molecule has 6 heteroatoms. The van der Waals surface area contributed by atoms with Crippen molar-refractivity contribution in [1.29, 1.82) is 0 Å². The number of hydrogen-bond donors (Lipinski definition) is 1. The molecule has 0 atom stereocenters. The largest absolute Gasteiger partial charge is 0.385 e. The van der Waals surface area contributed by atoms with Crippen molar-refractivity contribution in [3.63, 3.8) is 0 Å². The van der Waals surface area contributed by atoms with Crippen LogP contribution in [-0.2, 0) is 11.3 Å². The molecule has 16 heavy (non-hydrogen) atoms. The van der Waals surface area contributed by atoms with Crippen LogP contribution in [0, 0.1) is 0 Å². The molecule has 0 unspecified atom stereocenters. The Bertz CT molecular complexity index is 292. The molecule has 1 aromatic heterocycles. The Morgan fingerprint density at radius 2 is 2.31 bits per heavy atom. The fourth-order valence-corrected chi connectivity index (χ4v) is 2.06. The number of ether oxygens (including phenoxy) is 1. The summed E-state index contributed by atoms with van der Waals surface area (Å²) in [6.07, 6.45) is 1.04. The summed E-state index contributed by atoms with van der Waals surface area (Å²) in [5.41, 5.74) is 1.03. The van der Waals surface area contributed by atoms with Crippen molar-refractivity contribution in [2.45, 2.75) is 19.9 Å². The minimum absolute atomic E-state index is 0.805. The summed E-state index contributed by atoms with van der Waals surface area (Å²) in [7, 11) is 3.82. The van der Waals surface area contributed by atoms with Crippen LogP contribution in [0.15, 0.2) is 0 Å². The molecule has 0 aliphatic heterocycles. The molecule has 0 saturated heterocycles. The molecule has 0 saturated carbocycles. The lowest BCUT2D eigenvalue weighted by atomic mass is 10.3. The van der Waals surface area contributed by atoms with Gasteiger partial charge in [0.25, 0.3) is 0 Å². The van der Waals surface area contributed by atoms with Crippen molar-refractivity contribution < 1.29 is 4.74 Å². The molecule has 0 fully saturated rings. The maximum Gasteiger partial charge on any atom is 0.134 e. The number of rotatable bonds is 8. The van der Waals surface area contributed by atoms with E-state index in [-0.39, 0.29) is 0 Å². The molecule has 1 rings (SSSR count). The molecular formula is C10H20N4OS. The summed E-state index contributed by atoms with van der Waals surface area (Å²) in [5.74, 6) is 0. The van der Waals surface area contributed by atoms with Gasteiger partial charge < -0.3 is 15.0 Å². The van der Waals surface area contributed by atoms with Gasteiger partial charge >= 0.3 is 0 Å². The minimum atomic E-state index is 0.805. The van der Waals surface area contributed by atoms with Gasteiger partial charge in [-0.15, -0.1) is 5.10 Å². The quantitative estimate of drug-likeness (QED) is 0.701. The zero-order valence-corrected chi connectivity index (χ0v) is 11.0. The van der Waals surface area contributed by atoms with Gasteiger partial charge in [-0.3, -0.25) is 0 Å². The molecular weight excluding hydrogens is 224 g/mol. The molecule has 0 radical (unpaired) electrons. The summed E-state index contributed by atoms with van der Waals surface area (Å²) in [4.78, 5) is 2.23. The van der Waals surface area contributed by atoms with Crippen molar-refractivity contribution in [2.24, 2.45) is 0 Å². The fourth-order valence-electron chi connectivity index (χ4n) is 1.42. The van der Waals surface area contributed by atoms with Crippen LogP contribution in [0.4, 0.5) is 5.00 Å². The summed E-state index contributed by atoms with van der Waals surface area (Å²) >= 11 is 1.42. The molecule has 1 N–H and O–H groups in total. The highest BCUT2D eigenvalue weighted by Crippen LogP contribution is 2.18. The van der Waals surface area contributed by atoms with Crippen LogP contribution in [0.3, 0.4) is 0 Å². The zero-order valence-electron chi connectivity index (χ0n) is 10.2. The molecule has 1 aromatic rings. The van der Waals surface area contributed by atoms with E-state index in [0.717, 1.165) is 43.4 Å². The van der Waals surface area contributed by atoms with Crippen LogP contribution >= 0.6 is 11.5 Å². The Labute approximate surface area is 101 Å². The maximum atomic E-state index is 5.02. The van der Waals surface area contributed by atoms with E-state index in [1.165, 1.54) is 11.5 Å². The van der Waals surface area contributed by atoms with Gasteiger partial charge in [-0.05, 0) is 20.4 Å². The smallest absolute Gasteiger partial charge is 0.134 e. The van der Waals surface area contributed by atoms with Crippen LogP contribution in [0.5, 0.6) is 0 Å². The lowest BCUT2D eigenvalue weighted by molar-refractivity contribution is 0.178. The second-order valence-electron chi connectivity index (χ2n) is 3.66. The highest BCUT2D eigenvalue weighted by molar-refractivity contribution is 7.10. The molecule has 92 valence electrons. The summed E-state index contributed by atoms with van der Waals surface area (Å²) in [6, 6.07) is 0. The van der Waals surface area contributed by atoms with E-state index in [2.05, 4.69) is 33.8 Å². The number of methoxy groups -OCH3 is 1. The Kier molecular flexibility index (Phi) is 6.29. The lowest BCUT2D eigenvalue weighted by Gasteiger charge is -2.15. The van der Waals surface area contributed by atoms with E-state index in [4.69, 9.17) is 4.74 Å². The first-order valence-electron chi connectivity index (χ1n) is 5.50. The van der Waals surface area contributed by atoms with Gasteiger partial charge in [0.05, 0.1) is 0 Å². The number of nitrogens with zero attached hydrogens (tertiary/aromatic N) is 3. The van der Waals surface area contributed by atoms with E-state index in [1.54, 1.807) is 7.11 Å². The fraction of sp³-hybridized carbons (Fsp3) is 0.800. The second kappa shape index (κ2) is 7.54. The van der Waals surface area contributed by atoms with Gasteiger partial charge in [-0.2, -0.15) is 0 Å². The van der Waals surface area contributed by atoms with Gasteiger partial charge in [-0.1, -0.05) is 4.49 Å².